The van der Waals surface area contributed by atoms with Crippen molar-refractivity contribution in [2.45, 2.75) is 32.2 Å². The summed E-state index contributed by atoms with van der Waals surface area (Å²) in [6, 6.07) is -1.08. The van der Waals surface area contributed by atoms with Crippen molar-refractivity contribution in [3.05, 3.63) is 22.3 Å². The number of nitrogens with zero attached hydrogens (tertiary/aromatic N) is 4. The lowest BCUT2D eigenvalue weighted by Gasteiger charge is -2.49. The topological polar surface area (TPSA) is 203 Å². The number of β-lactam (4-membered cyclic amide) rings is 1. The number of oxime groups is 1. The summed E-state index contributed by atoms with van der Waals surface area (Å²) in [6.07, 6.45) is -0.667. The molecular formula is C22H28N6O9S2. The zero-order valence-electron chi connectivity index (χ0n) is 21.7. The summed E-state index contributed by atoms with van der Waals surface area (Å²) in [4.78, 5) is 69.1. The number of hydrogen-bond donors (Lipinski definition) is 3. The number of nitrogens with one attached hydrogen (secondary N) is 1. The van der Waals surface area contributed by atoms with Gasteiger partial charge in [-0.15, -0.1) is 23.1 Å². The molecule has 2 aliphatic heterocycles. The lowest BCUT2D eigenvalue weighted by molar-refractivity contribution is -0.173. The number of ether oxygens (including phenoxy) is 3. The number of carbonyl (C=O) groups excluding carboxylic acids is 5. The summed E-state index contributed by atoms with van der Waals surface area (Å²) in [5.41, 5.74) is 4.42. The lowest BCUT2D eigenvalue weighted by Crippen LogP contribution is -2.71. The Kier molecular flexibility index (Phi) is 9.06. The third-order valence-corrected chi connectivity index (χ3v) is 7.35. The van der Waals surface area contributed by atoms with E-state index in [1.165, 1.54) is 36.1 Å². The van der Waals surface area contributed by atoms with Crippen LogP contribution in [0.1, 0.15) is 26.5 Å². The van der Waals surface area contributed by atoms with Crippen LogP contribution in [0.5, 0.6) is 0 Å². The summed E-state index contributed by atoms with van der Waals surface area (Å²) in [5, 5.41) is 15.6. The van der Waals surface area contributed by atoms with Crippen LogP contribution < -0.4 is 11.1 Å². The number of thioether (sulfide) groups is 1. The van der Waals surface area contributed by atoms with Crippen molar-refractivity contribution in [2.75, 3.05) is 39.0 Å². The van der Waals surface area contributed by atoms with Gasteiger partial charge in [-0.2, -0.15) is 0 Å². The number of anilines is 1. The minimum atomic E-state index is -1.08. The maximum atomic E-state index is 13.1. The smallest absolute Gasteiger partial charge is 0.409 e. The Morgan fingerprint density at radius 2 is 1.95 bits per heavy atom. The first-order valence-corrected chi connectivity index (χ1v) is 13.3. The van der Waals surface area contributed by atoms with Crippen molar-refractivity contribution in [1.29, 1.82) is 0 Å². The van der Waals surface area contributed by atoms with E-state index in [0.717, 1.165) is 16.2 Å². The molecule has 1 aromatic rings. The molecule has 3 rings (SSSR count). The highest BCUT2D eigenvalue weighted by atomic mass is 32.2. The number of esters is 2. The molecule has 2 atom stereocenters. The van der Waals surface area contributed by atoms with Crippen molar-refractivity contribution in [2.24, 2.45) is 10.6 Å². The molecule has 2 aliphatic rings. The van der Waals surface area contributed by atoms with Crippen LogP contribution in [0.3, 0.4) is 0 Å². The summed E-state index contributed by atoms with van der Waals surface area (Å²) < 4.78 is 15.3. The number of nitrogens with two attached hydrogens (primary N) is 1. The van der Waals surface area contributed by atoms with Crippen LogP contribution in [0.15, 0.2) is 21.8 Å². The second-order valence-corrected chi connectivity index (χ2v) is 11.5. The molecule has 3 heterocycles. The predicted molar refractivity (Wildman–Crippen MR) is 138 cm³/mol. The molecule has 3 amide bonds. The van der Waals surface area contributed by atoms with Gasteiger partial charge in [-0.1, -0.05) is 5.16 Å². The molecule has 39 heavy (non-hydrogen) atoms. The molecule has 212 valence electrons. The summed E-state index contributed by atoms with van der Waals surface area (Å²) in [7, 11) is 2.97. The average Bonchev–Trinajstić information content (AvgIpc) is 3.30. The molecule has 1 fully saturated rings. The van der Waals surface area contributed by atoms with E-state index in [-0.39, 0.29) is 34.5 Å². The zero-order valence-corrected chi connectivity index (χ0v) is 23.4. The Bertz CT molecular complexity index is 1240. The van der Waals surface area contributed by atoms with E-state index in [1.807, 2.05) is 0 Å². The average molecular weight is 585 g/mol. The second kappa shape index (κ2) is 11.9. The van der Waals surface area contributed by atoms with Crippen LogP contribution in [0.4, 0.5) is 9.93 Å². The van der Waals surface area contributed by atoms with Crippen LogP contribution in [-0.2, 0) is 33.4 Å². The minimum Gasteiger partial charge on any atom is -0.445 e. The predicted octanol–water partition coefficient (Wildman–Crippen LogP) is 0.346. The normalized spacial score (nSPS) is 19.1. The highest BCUT2D eigenvalue weighted by Gasteiger charge is 2.55. The standard InChI is InChI=1S/C22H28N6O9S2/c1-22(2,3)19(32)37-9-36-18(31)14-10(6-35-21(33)27(4)5)7-38-17-13(16(30)28(14)17)25-15(29)12(26-34)11-8-39-20(23)24-11/h8,13,17,34H,6-7,9H2,1-5H3,(H2,23,24)(H,25,29)/b26-12-/t13?,17-/m0/s1. The van der Waals surface area contributed by atoms with Gasteiger partial charge in [0.05, 0.1) is 5.41 Å². The van der Waals surface area contributed by atoms with Crippen LogP contribution in [0, 0.1) is 5.41 Å². The van der Waals surface area contributed by atoms with Crippen molar-refractivity contribution in [3.8, 4) is 0 Å². The zero-order chi connectivity index (χ0) is 29.1. The number of thiazole rings is 1. The Balaban J connectivity index is 1.77. The molecule has 4 N–H and O–H groups in total. The van der Waals surface area contributed by atoms with E-state index in [0.29, 0.717) is 0 Å². The third kappa shape index (κ3) is 6.59. The summed E-state index contributed by atoms with van der Waals surface area (Å²) in [6.45, 7) is 3.88. The number of hydrogen-bond acceptors (Lipinski definition) is 14. The monoisotopic (exact) mass is 584 g/mol. The molecule has 0 bridgehead atoms. The van der Waals surface area contributed by atoms with Gasteiger partial charge in [0, 0.05) is 30.8 Å². The fourth-order valence-corrected chi connectivity index (χ4v) is 5.18. The maximum absolute atomic E-state index is 13.1. The summed E-state index contributed by atoms with van der Waals surface area (Å²) >= 11 is 2.24. The molecule has 0 radical (unpaired) electrons. The molecule has 17 heteroatoms. The molecule has 1 unspecified atom stereocenters. The third-order valence-electron chi connectivity index (χ3n) is 5.33. The fourth-order valence-electron chi connectivity index (χ4n) is 3.30. The van der Waals surface area contributed by atoms with Gasteiger partial charge < -0.3 is 35.4 Å². The van der Waals surface area contributed by atoms with Crippen molar-refractivity contribution >= 4 is 63.8 Å². The van der Waals surface area contributed by atoms with E-state index in [2.05, 4.69) is 15.5 Å². The molecule has 1 saturated heterocycles. The Hall–Kier alpha value is -3.86. The van der Waals surface area contributed by atoms with Crippen molar-refractivity contribution in [3.63, 3.8) is 0 Å². The van der Waals surface area contributed by atoms with E-state index < -0.39 is 59.2 Å². The number of aromatic nitrogens is 1. The maximum Gasteiger partial charge on any atom is 0.409 e. The van der Waals surface area contributed by atoms with Crippen LogP contribution in [0.2, 0.25) is 0 Å². The number of rotatable bonds is 8. The Morgan fingerprint density at radius 1 is 1.26 bits per heavy atom. The molecule has 0 aliphatic carbocycles. The second-order valence-electron chi connectivity index (χ2n) is 9.51. The molecule has 1 aromatic heterocycles. The van der Waals surface area contributed by atoms with Gasteiger partial charge >= 0.3 is 18.0 Å². The number of amides is 3. The fraction of sp³-hybridized carbons (Fsp3) is 0.500. The van der Waals surface area contributed by atoms with Gasteiger partial charge in [0.1, 0.15) is 29.4 Å². The first-order chi connectivity index (χ1) is 18.3. The van der Waals surface area contributed by atoms with Crippen LogP contribution >= 0.6 is 23.1 Å². The SMILES string of the molecule is CN(C)C(=O)OCC1=C(C(=O)OCOC(=O)C(C)(C)C)N2C(=O)C(NC(=O)/C(=N\O)c3csc(N)n3)[C@@H]2SC1. The van der Waals surface area contributed by atoms with E-state index >= 15 is 0 Å². The van der Waals surface area contributed by atoms with E-state index in [1.54, 1.807) is 20.8 Å². The first kappa shape index (κ1) is 29.7. The quantitative estimate of drug-likeness (QED) is 0.0946. The molecule has 15 nitrogen and oxygen atoms in total. The van der Waals surface area contributed by atoms with Crippen molar-refractivity contribution < 1.29 is 43.4 Å². The van der Waals surface area contributed by atoms with E-state index in [9.17, 15) is 29.2 Å². The van der Waals surface area contributed by atoms with Gasteiger partial charge in [0.25, 0.3) is 11.8 Å². The lowest BCUT2D eigenvalue weighted by atomic mass is 9.98. The van der Waals surface area contributed by atoms with Crippen molar-refractivity contribution in [1.82, 2.24) is 20.1 Å². The summed E-state index contributed by atoms with van der Waals surface area (Å²) in [5.74, 6) is -2.98. The number of fused-ring (bicyclic) bond motifs is 1. The highest BCUT2D eigenvalue weighted by Crippen LogP contribution is 2.41. The molecule has 0 aromatic carbocycles. The Morgan fingerprint density at radius 3 is 2.51 bits per heavy atom. The first-order valence-electron chi connectivity index (χ1n) is 11.4. The highest BCUT2D eigenvalue weighted by molar-refractivity contribution is 8.00. The van der Waals surface area contributed by atoms with Gasteiger partial charge in [-0.3, -0.25) is 19.3 Å². The number of carbonyl (C=O) groups is 5. The van der Waals surface area contributed by atoms with Crippen LogP contribution in [-0.4, -0.2) is 100 Å². The minimum absolute atomic E-state index is 0.0244. The van der Waals surface area contributed by atoms with Gasteiger partial charge in [0.2, 0.25) is 6.79 Å². The van der Waals surface area contributed by atoms with Crippen LogP contribution in [0.25, 0.3) is 0 Å². The molecule has 0 saturated carbocycles. The van der Waals surface area contributed by atoms with Gasteiger partial charge in [0.15, 0.2) is 10.8 Å². The largest absolute Gasteiger partial charge is 0.445 e. The number of nitrogen functional groups attached to an aromatic ring is 1. The molecular weight excluding hydrogens is 556 g/mol. The van der Waals surface area contributed by atoms with E-state index in [4.69, 9.17) is 19.9 Å². The Labute approximate surface area is 231 Å². The molecule has 0 spiro atoms. The van der Waals surface area contributed by atoms with Gasteiger partial charge in [-0.05, 0) is 20.8 Å². The van der Waals surface area contributed by atoms with Gasteiger partial charge in [-0.25, -0.2) is 14.6 Å².